The molecule has 1 fully saturated rings. The summed E-state index contributed by atoms with van der Waals surface area (Å²) in [5, 5.41) is 6.20. The second-order valence-corrected chi connectivity index (χ2v) is 4.92. The molecule has 3 unspecified atom stereocenters. The van der Waals surface area contributed by atoms with Crippen molar-refractivity contribution in [2.75, 3.05) is 6.54 Å². The average Bonchev–Trinajstić information content (AvgIpc) is 2.75. The Morgan fingerprint density at radius 1 is 1.56 bits per heavy atom. The van der Waals surface area contributed by atoms with E-state index < -0.39 is 0 Å². The molecule has 1 amide bonds. The van der Waals surface area contributed by atoms with Gasteiger partial charge in [-0.2, -0.15) is 0 Å². The van der Waals surface area contributed by atoms with Gasteiger partial charge in [0.1, 0.15) is 5.82 Å². The molecule has 3 atom stereocenters. The normalized spacial score (nSPS) is 24.8. The lowest BCUT2D eigenvalue weighted by atomic mass is 10.00. The van der Waals surface area contributed by atoms with E-state index in [2.05, 4.69) is 10.6 Å². The number of nitrogens with one attached hydrogen (secondary N) is 2. The standard InChI is InChI=1S/C14H19FN2O/c1-9(11-4-3-5-12(15)8-11)17-14(18)13-6-7-16-10(13)2/h3-5,8-10,13,16H,6-7H2,1-2H3,(H,17,18). The van der Waals surface area contributed by atoms with Gasteiger partial charge in [0.2, 0.25) is 5.91 Å². The van der Waals surface area contributed by atoms with E-state index in [-0.39, 0.29) is 29.7 Å². The van der Waals surface area contributed by atoms with Gasteiger partial charge >= 0.3 is 0 Å². The van der Waals surface area contributed by atoms with Crippen molar-refractivity contribution >= 4 is 5.91 Å². The van der Waals surface area contributed by atoms with Gasteiger partial charge in [-0.15, -0.1) is 0 Å². The maximum absolute atomic E-state index is 13.1. The summed E-state index contributed by atoms with van der Waals surface area (Å²) in [6.45, 7) is 4.78. The molecular weight excluding hydrogens is 231 g/mol. The maximum atomic E-state index is 13.1. The quantitative estimate of drug-likeness (QED) is 0.861. The molecule has 0 spiro atoms. The third-order valence-corrected chi connectivity index (χ3v) is 3.57. The van der Waals surface area contributed by atoms with Gasteiger partial charge in [-0.05, 0) is 44.5 Å². The highest BCUT2D eigenvalue weighted by molar-refractivity contribution is 5.80. The predicted octanol–water partition coefficient (Wildman–Crippen LogP) is 2.00. The zero-order valence-electron chi connectivity index (χ0n) is 10.7. The van der Waals surface area contributed by atoms with Gasteiger partial charge in [0.25, 0.3) is 0 Å². The Morgan fingerprint density at radius 3 is 2.94 bits per heavy atom. The zero-order valence-corrected chi connectivity index (χ0v) is 10.7. The van der Waals surface area contributed by atoms with Crippen molar-refractivity contribution in [3.05, 3.63) is 35.6 Å². The summed E-state index contributed by atoms with van der Waals surface area (Å²) in [7, 11) is 0. The molecule has 0 aliphatic carbocycles. The molecule has 2 N–H and O–H groups in total. The van der Waals surface area contributed by atoms with Crippen LogP contribution in [0.4, 0.5) is 4.39 Å². The Bertz CT molecular complexity index is 436. The fourth-order valence-corrected chi connectivity index (χ4v) is 2.40. The monoisotopic (exact) mass is 250 g/mol. The minimum atomic E-state index is -0.274. The largest absolute Gasteiger partial charge is 0.349 e. The first-order valence-corrected chi connectivity index (χ1v) is 6.37. The molecule has 1 aliphatic heterocycles. The Labute approximate surface area is 107 Å². The second kappa shape index (κ2) is 5.48. The molecule has 18 heavy (non-hydrogen) atoms. The highest BCUT2D eigenvalue weighted by Crippen LogP contribution is 2.18. The van der Waals surface area contributed by atoms with Gasteiger partial charge in [-0.25, -0.2) is 4.39 Å². The fourth-order valence-electron chi connectivity index (χ4n) is 2.40. The number of hydrogen-bond donors (Lipinski definition) is 2. The van der Waals surface area contributed by atoms with Crippen molar-refractivity contribution in [2.24, 2.45) is 5.92 Å². The van der Waals surface area contributed by atoms with E-state index in [1.54, 1.807) is 6.07 Å². The van der Waals surface area contributed by atoms with E-state index in [0.29, 0.717) is 0 Å². The van der Waals surface area contributed by atoms with Gasteiger partial charge in [-0.1, -0.05) is 12.1 Å². The number of carbonyl (C=O) groups excluding carboxylic acids is 1. The number of rotatable bonds is 3. The van der Waals surface area contributed by atoms with Crippen LogP contribution in [-0.4, -0.2) is 18.5 Å². The van der Waals surface area contributed by atoms with E-state index >= 15 is 0 Å². The fraction of sp³-hybridized carbons (Fsp3) is 0.500. The third-order valence-electron chi connectivity index (χ3n) is 3.57. The van der Waals surface area contributed by atoms with E-state index in [1.165, 1.54) is 12.1 Å². The molecule has 1 aromatic rings. The molecule has 2 rings (SSSR count). The number of hydrogen-bond acceptors (Lipinski definition) is 2. The van der Waals surface area contributed by atoms with Crippen LogP contribution in [0.3, 0.4) is 0 Å². The Morgan fingerprint density at radius 2 is 2.33 bits per heavy atom. The maximum Gasteiger partial charge on any atom is 0.225 e. The van der Waals surface area contributed by atoms with Crippen LogP contribution in [0.25, 0.3) is 0 Å². The first-order chi connectivity index (χ1) is 8.58. The van der Waals surface area contributed by atoms with Crippen LogP contribution in [-0.2, 0) is 4.79 Å². The van der Waals surface area contributed by atoms with E-state index in [9.17, 15) is 9.18 Å². The smallest absolute Gasteiger partial charge is 0.225 e. The minimum absolute atomic E-state index is 0.0148. The Balaban J connectivity index is 1.98. The molecule has 1 aliphatic rings. The van der Waals surface area contributed by atoms with Crippen molar-refractivity contribution < 1.29 is 9.18 Å². The minimum Gasteiger partial charge on any atom is -0.349 e. The molecule has 0 bridgehead atoms. The molecule has 0 radical (unpaired) electrons. The molecule has 1 heterocycles. The number of carbonyl (C=O) groups is 1. The Hall–Kier alpha value is -1.42. The summed E-state index contributed by atoms with van der Waals surface area (Å²) in [6.07, 6.45) is 0.864. The van der Waals surface area contributed by atoms with E-state index in [4.69, 9.17) is 0 Å². The van der Waals surface area contributed by atoms with Crippen molar-refractivity contribution in [1.29, 1.82) is 0 Å². The molecule has 1 aromatic carbocycles. The zero-order chi connectivity index (χ0) is 13.1. The van der Waals surface area contributed by atoms with Crippen molar-refractivity contribution in [2.45, 2.75) is 32.4 Å². The van der Waals surface area contributed by atoms with E-state index in [0.717, 1.165) is 18.5 Å². The van der Waals surface area contributed by atoms with Crippen LogP contribution in [0.2, 0.25) is 0 Å². The summed E-state index contributed by atoms with van der Waals surface area (Å²) in [6, 6.07) is 6.39. The van der Waals surface area contributed by atoms with Crippen molar-refractivity contribution in [3.63, 3.8) is 0 Å². The van der Waals surface area contributed by atoms with Gasteiger partial charge in [-0.3, -0.25) is 4.79 Å². The van der Waals surface area contributed by atoms with Crippen molar-refractivity contribution in [3.8, 4) is 0 Å². The number of benzene rings is 1. The summed E-state index contributed by atoms with van der Waals surface area (Å²) >= 11 is 0. The van der Waals surface area contributed by atoms with Gasteiger partial charge < -0.3 is 10.6 Å². The molecule has 98 valence electrons. The Kier molecular flexibility index (Phi) is 3.97. The molecular formula is C14H19FN2O. The topological polar surface area (TPSA) is 41.1 Å². The van der Waals surface area contributed by atoms with Crippen molar-refractivity contribution in [1.82, 2.24) is 10.6 Å². The number of halogens is 1. The van der Waals surface area contributed by atoms with E-state index in [1.807, 2.05) is 19.9 Å². The number of amides is 1. The average molecular weight is 250 g/mol. The van der Waals surface area contributed by atoms with Crippen LogP contribution in [0.5, 0.6) is 0 Å². The summed E-state index contributed by atoms with van der Waals surface area (Å²) in [4.78, 5) is 12.1. The summed E-state index contributed by atoms with van der Waals surface area (Å²) in [5.41, 5.74) is 0.793. The van der Waals surface area contributed by atoms with Gasteiger partial charge in [0, 0.05) is 6.04 Å². The summed E-state index contributed by atoms with van der Waals surface area (Å²) in [5.74, 6) is -0.213. The second-order valence-electron chi connectivity index (χ2n) is 4.92. The molecule has 0 aromatic heterocycles. The third kappa shape index (κ3) is 2.88. The van der Waals surface area contributed by atoms with Crippen LogP contribution in [0, 0.1) is 11.7 Å². The van der Waals surface area contributed by atoms with Gasteiger partial charge in [0.05, 0.1) is 12.0 Å². The first-order valence-electron chi connectivity index (χ1n) is 6.37. The van der Waals surface area contributed by atoms with Crippen LogP contribution < -0.4 is 10.6 Å². The highest BCUT2D eigenvalue weighted by Gasteiger charge is 2.30. The van der Waals surface area contributed by atoms with Crippen LogP contribution in [0.1, 0.15) is 31.9 Å². The predicted molar refractivity (Wildman–Crippen MR) is 68.5 cm³/mol. The lowest BCUT2D eigenvalue weighted by Crippen LogP contribution is -2.37. The van der Waals surface area contributed by atoms with Crippen LogP contribution >= 0.6 is 0 Å². The molecule has 3 nitrogen and oxygen atoms in total. The lowest BCUT2D eigenvalue weighted by molar-refractivity contribution is -0.125. The van der Waals surface area contributed by atoms with Gasteiger partial charge in [0.15, 0.2) is 0 Å². The molecule has 4 heteroatoms. The molecule has 0 saturated carbocycles. The molecule has 1 saturated heterocycles. The summed E-state index contributed by atoms with van der Waals surface area (Å²) < 4.78 is 13.1. The lowest BCUT2D eigenvalue weighted by Gasteiger charge is -2.19. The first kappa shape index (κ1) is 13.0. The highest BCUT2D eigenvalue weighted by atomic mass is 19.1. The SMILES string of the molecule is CC(NC(=O)C1CCNC1C)c1cccc(F)c1. The van der Waals surface area contributed by atoms with Crippen LogP contribution in [0.15, 0.2) is 24.3 Å².